The van der Waals surface area contributed by atoms with Gasteiger partial charge in [-0.05, 0) is 32.1 Å². The highest BCUT2D eigenvalue weighted by Gasteiger charge is 2.24. The molecular weight excluding hydrogens is 475 g/mol. The van der Waals surface area contributed by atoms with Gasteiger partial charge >= 0.3 is 5.97 Å². The maximum Gasteiger partial charge on any atom is 0.303 e. The average Bonchev–Trinajstić information content (AvgIpc) is 3.33. The van der Waals surface area contributed by atoms with Gasteiger partial charge in [0.25, 0.3) is 0 Å². The first-order valence-corrected chi connectivity index (χ1v) is 15.2. The Labute approximate surface area is 228 Å². The topological polar surface area (TPSA) is 96.2 Å². The average molecular weight is 539 g/mol. The monoisotopic (exact) mass is 538 g/mol. The minimum atomic E-state index is -0.675. The van der Waals surface area contributed by atoms with Gasteiger partial charge in [0.05, 0.1) is 25.4 Å². The van der Waals surface area contributed by atoms with E-state index in [-0.39, 0.29) is 17.6 Å². The van der Waals surface area contributed by atoms with Gasteiger partial charge in [0, 0.05) is 6.42 Å². The van der Waals surface area contributed by atoms with Gasteiger partial charge in [0.15, 0.2) is 6.29 Å². The Morgan fingerprint density at radius 3 is 1.73 bits per heavy atom. The van der Waals surface area contributed by atoms with E-state index in [2.05, 4.69) is 27.7 Å². The maximum absolute atomic E-state index is 9.96. The van der Waals surface area contributed by atoms with Crippen LogP contribution in [0.15, 0.2) is 0 Å². The molecule has 7 heteroatoms. The quantitative estimate of drug-likeness (QED) is 0.128. The molecule has 0 amide bonds. The van der Waals surface area contributed by atoms with Crippen molar-refractivity contribution in [2.24, 2.45) is 0 Å². The third kappa shape index (κ3) is 33.2. The molecule has 1 fully saturated rings. The highest BCUT2D eigenvalue weighted by atomic mass is 19.0. The highest BCUT2D eigenvalue weighted by Crippen LogP contribution is 2.21. The fourth-order valence-corrected chi connectivity index (χ4v) is 3.95. The number of halogens is 1. The Balaban J connectivity index is -0.000000499. The van der Waals surface area contributed by atoms with Gasteiger partial charge in [-0.3, -0.25) is 9.50 Å². The van der Waals surface area contributed by atoms with Gasteiger partial charge in [-0.1, -0.05) is 118 Å². The lowest BCUT2D eigenvalue weighted by atomic mass is 10.1. The highest BCUT2D eigenvalue weighted by molar-refractivity contribution is 5.66. The molecule has 0 spiro atoms. The van der Waals surface area contributed by atoms with Crippen LogP contribution in [0.4, 0.5) is 4.70 Å². The molecule has 1 saturated heterocycles. The van der Waals surface area contributed by atoms with Crippen LogP contribution in [0.3, 0.4) is 0 Å². The minimum Gasteiger partial charge on any atom is -0.481 e. The second kappa shape index (κ2) is 33.3. The molecule has 0 aromatic heterocycles. The number of carboxylic acid groups (broad SMARTS) is 1. The van der Waals surface area contributed by atoms with E-state index in [9.17, 15) is 4.79 Å². The number of carboxylic acids is 1. The van der Waals surface area contributed by atoms with E-state index < -0.39 is 12.1 Å². The summed E-state index contributed by atoms with van der Waals surface area (Å²) in [5, 5.41) is 25.6. The molecule has 0 saturated carbocycles. The SMILES string of the molecule is CCCCCCC(=O)O.CCCCCCC(O)CO.CCCCCCC1COC(CCCCCC)O1.F. The van der Waals surface area contributed by atoms with Crippen molar-refractivity contribution in [3.8, 4) is 0 Å². The number of unbranched alkanes of at least 4 members (excludes halogenated alkanes) is 12. The Hall–Kier alpha value is -0.760. The van der Waals surface area contributed by atoms with Crippen molar-refractivity contribution >= 4 is 5.97 Å². The van der Waals surface area contributed by atoms with Gasteiger partial charge in [0.2, 0.25) is 0 Å². The van der Waals surface area contributed by atoms with Crippen LogP contribution in [-0.4, -0.2) is 53.0 Å². The van der Waals surface area contributed by atoms with Crippen LogP contribution in [-0.2, 0) is 14.3 Å². The van der Waals surface area contributed by atoms with Crippen LogP contribution >= 0.6 is 0 Å². The molecule has 6 nitrogen and oxygen atoms in total. The number of carbonyl (C=O) groups is 1. The lowest BCUT2D eigenvalue weighted by molar-refractivity contribution is -0.137. The summed E-state index contributed by atoms with van der Waals surface area (Å²) in [6.07, 6.45) is 22.7. The number of aliphatic hydroxyl groups is 2. The van der Waals surface area contributed by atoms with Crippen molar-refractivity contribution in [2.45, 2.75) is 175 Å². The number of ether oxygens (including phenoxy) is 2. The van der Waals surface area contributed by atoms with Crippen LogP contribution in [0.25, 0.3) is 0 Å². The molecule has 0 aromatic carbocycles. The zero-order chi connectivity index (χ0) is 27.3. The molecule has 0 radical (unpaired) electrons. The van der Waals surface area contributed by atoms with E-state index in [1.165, 1.54) is 83.5 Å². The van der Waals surface area contributed by atoms with Crippen LogP contribution < -0.4 is 0 Å². The molecule has 3 atom stereocenters. The van der Waals surface area contributed by atoms with Crippen molar-refractivity contribution in [3.63, 3.8) is 0 Å². The van der Waals surface area contributed by atoms with Crippen molar-refractivity contribution in [2.75, 3.05) is 13.2 Å². The van der Waals surface area contributed by atoms with Gasteiger partial charge < -0.3 is 24.8 Å². The molecule has 37 heavy (non-hydrogen) atoms. The zero-order valence-electron chi connectivity index (χ0n) is 24.8. The van der Waals surface area contributed by atoms with Crippen molar-refractivity contribution in [1.82, 2.24) is 0 Å². The maximum atomic E-state index is 9.96. The lowest BCUT2D eigenvalue weighted by Crippen LogP contribution is -2.12. The summed E-state index contributed by atoms with van der Waals surface area (Å²) in [7, 11) is 0. The first kappa shape index (κ1) is 40.7. The van der Waals surface area contributed by atoms with E-state index in [0.29, 0.717) is 12.5 Å². The fraction of sp³-hybridized carbons (Fsp3) is 0.967. The Kier molecular flexibility index (Phi) is 36.6. The summed E-state index contributed by atoms with van der Waals surface area (Å²) in [5.74, 6) is -0.675. The standard InChI is InChI=1S/C15H30O2.C8H18O2.C7H14O2.FH/c1-3-5-7-9-11-14-13-16-15(17-14)12-10-8-6-4-2;1-2-3-4-5-6-8(10)7-9;1-2-3-4-5-6-7(8)9;/h14-15H,3-13H2,1-2H3;8-10H,2-7H2,1H3;2-6H2,1H3,(H,8,9);1H. The first-order chi connectivity index (χ1) is 17.4. The fourth-order valence-electron chi connectivity index (χ4n) is 3.95. The smallest absolute Gasteiger partial charge is 0.303 e. The minimum absolute atomic E-state index is 0. The van der Waals surface area contributed by atoms with Crippen molar-refractivity contribution in [1.29, 1.82) is 0 Å². The summed E-state index contributed by atoms with van der Waals surface area (Å²) in [6, 6.07) is 0. The summed E-state index contributed by atoms with van der Waals surface area (Å²) in [5.41, 5.74) is 0. The Morgan fingerprint density at radius 2 is 1.24 bits per heavy atom. The predicted octanol–water partition coefficient (Wildman–Crippen LogP) is 8.17. The number of aliphatic hydroxyl groups excluding tert-OH is 2. The molecule has 1 rings (SSSR count). The summed E-state index contributed by atoms with van der Waals surface area (Å²) in [6.45, 7) is 9.50. The number of hydrogen-bond acceptors (Lipinski definition) is 5. The van der Waals surface area contributed by atoms with Crippen LogP contribution in [0.5, 0.6) is 0 Å². The predicted molar refractivity (Wildman–Crippen MR) is 153 cm³/mol. The van der Waals surface area contributed by atoms with Crippen LogP contribution in [0, 0.1) is 0 Å². The molecular formula is C30H63FO6. The molecule has 3 N–H and O–H groups in total. The van der Waals surface area contributed by atoms with Crippen LogP contribution in [0.1, 0.15) is 156 Å². The molecule has 1 aliphatic rings. The molecule has 0 aliphatic carbocycles. The summed E-state index contributed by atoms with van der Waals surface area (Å²) >= 11 is 0. The van der Waals surface area contributed by atoms with Crippen molar-refractivity contribution < 1.29 is 34.3 Å². The molecule has 3 unspecified atom stereocenters. The van der Waals surface area contributed by atoms with E-state index in [4.69, 9.17) is 24.8 Å². The van der Waals surface area contributed by atoms with E-state index in [1.807, 2.05) is 0 Å². The second-order valence-corrected chi connectivity index (χ2v) is 10.1. The normalized spacial score (nSPS) is 17.1. The first-order valence-electron chi connectivity index (χ1n) is 15.2. The number of rotatable bonds is 21. The van der Waals surface area contributed by atoms with Gasteiger partial charge in [0.1, 0.15) is 0 Å². The Morgan fingerprint density at radius 1 is 0.757 bits per heavy atom. The molecule has 1 heterocycles. The van der Waals surface area contributed by atoms with E-state index in [1.54, 1.807) is 0 Å². The van der Waals surface area contributed by atoms with Gasteiger partial charge in [-0.25, -0.2) is 0 Å². The van der Waals surface area contributed by atoms with E-state index in [0.717, 1.165) is 45.1 Å². The molecule has 0 bridgehead atoms. The zero-order valence-corrected chi connectivity index (χ0v) is 24.8. The Bertz CT molecular complexity index is 420. The number of aliphatic carboxylic acids is 1. The van der Waals surface area contributed by atoms with Gasteiger partial charge in [-0.15, -0.1) is 0 Å². The second-order valence-electron chi connectivity index (χ2n) is 10.1. The lowest BCUT2D eigenvalue weighted by Gasteiger charge is -2.11. The number of hydrogen-bond donors (Lipinski definition) is 3. The molecule has 0 aromatic rings. The largest absolute Gasteiger partial charge is 0.481 e. The summed E-state index contributed by atoms with van der Waals surface area (Å²) < 4.78 is 11.6. The molecule has 226 valence electrons. The van der Waals surface area contributed by atoms with Crippen LogP contribution in [0.2, 0.25) is 0 Å². The third-order valence-corrected chi connectivity index (χ3v) is 6.33. The molecule has 1 aliphatic heterocycles. The summed E-state index contributed by atoms with van der Waals surface area (Å²) in [4.78, 5) is 9.96. The van der Waals surface area contributed by atoms with Crippen molar-refractivity contribution in [3.05, 3.63) is 0 Å². The third-order valence-electron chi connectivity index (χ3n) is 6.33. The van der Waals surface area contributed by atoms with E-state index >= 15 is 0 Å². The van der Waals surface area contributed by atoms with Gasteiger partial charge in [-0.2, -0.15) is 0 Å².